The van der Waals surface area contributed by atoms with Crippen molar-refractivity contribution in [2.75, 3.05) is 19.7 Å². The van der Waals surface area contributed by atoms with Crippen LogP contribution in [0.1, 0.15) is 6.92 Å². The molecule has 6 heteroatoms. The van der Waals surface area contributed by atoms with Gasteiger partial charge < -0.3 is 20.8 Å². The van der Waals surface area contributed by atoms with Gasteiger partial charge in [0.1, 0.15) is 0 Å². The molecule has 0 aromatic heterocycles. The van der Waals surface area contributed by atoms with Gasteiger partial charge in [-0.3, -0.25) is 9.59 Å². The lowest BCUT2D eigenvalue weighted by Gasteiger charge is -2.08. The van der Waals surface area contributed by atoms with Crippen LogP contribution in [0.4, 0.5) is 0 Å². The third kappa shape index (κ3) is 7.23. The lowest BCUT2D eigenvalue weighted by Crippen LogP contribution is -2.40. The number of hydrogen-bond donors (Lipinski definition) is 4. The molecule has 1 atom stereocenters. The van der Waals surface area contributed by atoms with Gasteiger partial charge >= 0.3 is 0 Å². The molecule has 0 rings (SSSR count). The molecular weight excluding hydrogens is 176 g/mol. The molecule has 6 nitrogen and oxygen atoms in total. The Morgan fingerprint density at radius 3 is 2.46 bits per heavy atom. The fourth-order valence-electron chi connectivity index (χ4n) is 0.563. The highest BCUT2D eigenvalue weighted by atomic mass is 16.3. The smallest absolute Gasteiger partial charge is 0.239 e. The molecule has 0 bridgehead atoms. The highest BCUT2D eigenvalue weighted by Gasteiger charge is 2.05. The summed E-state index contributed by atoms with van der Waals surface area (Å²) >= 11 is 0. The Morgan fingerprint density at radius 2 is 2.00 bits per heavy atom. The summed E-state index contributed by atoms with van der Waals surface area (Å²) in [4.78, 5) is 21.2. The number of aliphatic hydroxyl groups excluding tert-OH is 2. The molecule has 0 aromatic carbocycles. The second-order valence-corrected chi connectivity index (χ2v) is 2.55. The molecule has 0 heterocycles. The lowest BCUT2D eigenvalue weighted by atomic mass is 10.4. The summed E-state index contributed by atoms with van der Waals surface area (Å²) in [6.07, 6.45) is -0.957. The third-order valence-electron chi connectivity index (χ3n) is 1.24. The average Bonchev–Trinajstić information content (AvgIpc) is 2.10. The van der Waals surface area contributed by atoms with Gasteiger partial charge in [0.25, 0.3) is 0 Å². The SMILES string of the molecule is CC(=O)NCC(=O)NCC(O)CO. The molecule has 13 heavy (non-hydrogen) atoms. The van der Waals surface area contributed by atoms with E-state index in [-0.39, 0.29) is 19.0 Å². The lowest BCUT2D eigenvalue weighted by molar-refractivity contribution is -0.125. The maximum absolute atomic E-state index is 10.8. The minimum absolute atomic E-state index is 0.0189. The number of rotatable bonds is 5. The molecule has 0 spiro atoms. The van der Waals surface area contributed by atoms with Crippen LogP contribution in [0.25, 0.3) is 0 Å². The minimum Gasteiger partial charge on any atom is -0.394 e. The van der Waals surface area contributed by atoms with Crippen LogP contribution in [-0.4, -0.2) is 47.8 Å². The first-order valence-corrected chi connectivity index (χ1v) is 3.86. The molecule has 0 aromatic rings. The van der Waals surface area contributed by atoms with E-state index in [1.54, 1.807) is 0 Å². The van der Waals surface area contributed by atoms with E-state index in [9.17, 15) is 9.59 Å². The summed E-state index contributed by atoms with van der Waals surface area (Å²) in [5.41, 5.74) is 0. The maximum Gasteiger partial charge on any atom is 0.239 e. The Balaban J connectivity index is 3.46. The standard InChI is InChI=1S/C7H14N2O4/c1-5(11)8-3-7(13)9-2-6(12)4-10/h6,10,12H,2-4H2,1H3,(H,8,11)(H,9,13). The zero-order valence-corrected chi connectivity index (χ0v) is 7.41. The van der Waals surface area contributed by atoms with E-state index < -0.39 is 18.6 Å². The van der Waals surface area contributed by atoms with Crippen LogP contribution in [0, 0.1) is 0 Å². The normalized spacial score (nSPS) is 11.9. The van der Waals surface area contributed by atoms with E-state index in [1.165, 1.54) is 6.92 Å². The summed E-state index contributed by atoms with van der Waals surface area (Å²) in [6, 6.07) is 0. The molecule has 0 saturated carbocycles. The van der Waals surface area contributed by atoms with Crippen LogP contribution in [-0.2, 0) is 9.59 Å². The summed E-state index contributed by atoms with van der Waals surface area (Å²) in [5, 5.41) is 21.8. The largest absolute Gasteiger partial charge is 0.394 e. The van der Waals surface area contributed by atoms with Gasteiger partial charge in [-0.25, -0.2) is 0 Å². The Bertz CT molecular complexity index is 183. The molecular formula is C7H14N2O4. The van der Waals surface area contributed by atoms with Crippen LogP contribution >= 0.6 is 0 Å². The van der Waals surface area contributed by atoms with Crippen LogP contribution < -0.4 is 10.6 Å². The second kappa shape index (κ2) is 6.38. The van der Waals surface area contributed by atoms with Gasteiger partial charge in [0.15, 0.2) is 0 Å². The molecule has 76 valence electrons. The zero-order chi connectivity index (χ0) is 10.3. The van der Waals surface area contributed by atoms with Crippen molar-refractivity contribution >= 4 is 11.8 Å². The van der Waals surface area contributed by atoms with Crippen molar-refractivity contribution in [3.8, 4) is 0 Å². The van der Waals surface area contributed by atoms with Gasteiger partial charge in [0, 0.05) is 13.5 Å². The highest BCUT2D eigenvalue weighted by Crippen LogP contribution is 1.76. The van der Waals surface area contributed by atoms with Gasteiger partial charge in [-0.2, -0.15) is 0 Å². The van der Waals surface area contributed by atoms with Crippen LogP contribution in [0.5, 0.6) is 0 Å². The molecule has 0 fully saturated rings. The van der Waals surface area contributed by atoms with Crippen LogP contribution in [0.2, 0.25) is 0 Å². The number of nitrogens with one attached hydrogen (secondary N) is 2. The first kappa shape index (κ1) is 11.9. The quantitative estimate of drug-likeness (QED) is 0.388. The number of aliphatic hydroxyl groups is 2. The second-order valence-electron chi connectivity index (χ2n) is 2.55. The molecule has 0 aliphatic rings. The van der Waals surface area contributed by atoms with Crippen molar-refractivity contribution < 1.29 is 19.8 Å². The van der Waals surface area contributed by atoms with E-state index in [0.717, 1.165) is 0 Å². The minimum atomic E-state index is -0.957. The molecule has 0 saturated heterocycles. The molecule has 1 unspecified atom stereocenters. The number of carbonyl (C=O) groups is 2. The Morgan fingerprint density at radius 1 is 1.38 bits per heavy atom. The van der Waals surface area contributed by atoms with E-state index in [0.29, 0.717) is 0 Å². The van der Waals surface area contributed by atoms with Crippen LogP contribution in [0.3, 0.4) is 0 Å². The Labute approximate surface area is 75.9 Å². The molecule has 4 N–H and O–H groups in total. The van der Waals surface area contributed by atoms with Crippen molar-refractivity contribution in [3.05, 3.63) is 0 Å². The van der Waals surface area contributed by atoms with Crippen molar-refractivity contribution in [3.63, 3.8) is 0 Å². The predicted octanol–water partition coefficient (Wildman–Crippen LogP) is -2.41. The summed E-state index contributed by atoms with van der Waals surface area (Å²) in [5.74, 6) is -0.694. The maximum atomic E-state index is 10.8. The van der Waals surface area contributed by atoms with Crippen molar-refractivity contribution in [2.45, 2.75) is 13.0 Å². The first-order valence-electron chi connectivity index (χ1n) is 3.86. The first-order chi connectivity index (χ1) is 6.06. The fourth-order valence-corrected chi connectivity index (χ4v) is 0.563. The van der Waals surface area contributed by atoms with E-state index in [4.69, 9.17) is 10.2 Å². The average molecular weight is 190 g/mol. The van der Waals surface area contributed by atoms with E-state index in [1.807, 2.05) is 0 Å². The van der Waals surface area contributed by atoms with Crippen molar-refractivity contribution in [2.24, 2.45) is 0 Å². The third-order valence-corrected chi connectivity index (χ3v) is 1.24. The van der Waals surface area contributed by atoms with Gasteiger partial charge in [0.05, 0.1) is 19.3 Å². The molecule has 2 amide bonds. The van der Waals surface area contributed by atoms with Crippen molar-refractivity contribution in [1.29, 1.82) is 0 Å². The Kier molecular flexibility index (Phi) is 5.82. The van der Waals surface area contributed by atoms with Gasteiger partial charge in [-0.1, -0.05) is 0 Å². The van der Waals surface area contributed by atoms with E-state index in [2.05, 4.69) is 10.6 Å². The van der Waals surface area contributed by atoms with Gasteiger partial charge in [-0.15, -0.1) is 0 Å². The molecule has 0 aliphatic carbocycles. The topological polar surface area (TPSA) is 98.7 Å². The predicted molar refractivity (Wildman–Crippen MR) is 44.8 cm³/mol. The van der Waals surface area contributed by atoms with Gasteiger partial charge in [0.2, 0.25) is 11.8 Å². The number of carbonyl (C=O) groups excluding carboxylic acids is 2. The van der Waals surface area contributed by atoms with E-state index >= 15 is 0 Å². The highest BCUT2D eigenvalue weighted by molar-refractivity contribution is 5.83. The summed E-state index contributed by atoms with van der Waals surface area (Å²) in [7, 11) is 0. The summed E-state index contributed by atoms with van der Waals surface area (Å²) in [6.45, 7) is 0.763. The molecule has 0 aliphatic heterocycles. The number of hydrogen-bond acceptors (Lipinski definition) is 4. The van der Waals surface area contributed by atoms with Gasteiger partial charge in [-0.05, 0) is 0 Å². The zero-order valence-electron chi connectivity index (χ0n) is 7.41. The van der Waals surface area contributed by atoms with Crippen LogP contribution in [0.15, 0.2) is 0 Å². The summed E-state index contributed by atoms with van der Waals surface area (Å²) < 4.78 is 0. The molecule has 0 radical (unpaired) electrons. The fraction of sp³-hybridized carbons (Fsp3) is 0.714. The van der Waals surface area contributed by atoms with Crippen molar-refractivity contribution in [1.82, 2.24) is 10.6 Å². The monoisotopic (exact) mass is 190 g/mol. The number of amides is 2. The Hall–Kier alpha value is -1.14.